The quantitative estimate of drug-likeness (QED) is 0.572. The minimum absolute atomic E-state index is 0.00130. The Bertz CT molecular complexity index is 200. The molecule has 96 valence electrons. The van der Waals surface area contributed by atoms with Crippen molar-refractivity contribution in [2.24, 2.45) is 11.1 Å². The zero-order valence-electron chi connectivity index (χ0n) is 10.8. The van der Waals surface area contributed by atoms with Gasteiger partial charge in [0.1, 0.15) is 0 Å². The summed E-state index contributed by atoms with van der Waals surface area (Å²) in [5.41, 5.74) is 5.42. The zero-order valence-corrected chi connectivity index (χ0v) is 10.8. The topological polar surface area (TPSA) is 75.3 Å². The molecule has 0 aliphatic carbocycles. The average molecular weight is 230 g/mol. The number of rotatable bonds is 7. The van der Waals surface area contributed by atoms with Gasteiger partial charge in [0.25, 0.3) is 0 Å². The van der Waals surface area contributed by atoms with Crippen LogP contribution in [-0.4, -0.2) is 30.2 Å². The van der Waals surface area contributed by atoms with E-state index in [4.69, 9.17) is 5.73 Å². The highest BCUT2D eigenvalue weighted by molar-refractivity contribution is 5.75. The molecule has 0 bridgehead atoms. The summed E-state index contributed by atoms with van der Waals surface area (Å²) in [7, 11) is 0. The molecule has 4 nitrogen and oxygen atoms in total. The number of carbonyl (C=O) groups is 1. The molecular weight excluding hydrogens is 204 g/mol. The van der Waals surface area contributed by atoms with E-state index in [9.17, 15) is 9.90 Å². The normalized spacial score (nSPS) is 13.6. The summed E-state index contributed by atoms with van der Waals surface area (Å²) in [5, 5.41) is 12.4. The van der Waals surface area contributed by atoms with Crippen molar-refractivity contribution in [1.29, 1.82) is 0 Å². The molecule has 4 N–H and O–H groups in total. The summed E-state index contributed by atoms with van der Waals surface area (Å²) >= 11 is 0. The number of carbonyl (C=O) groups excluding carboxylic acids is 1. The molecule has 0 radical (unpaired) electrons. The van der Waals surface area contributed by atoms with Crippen LogP contribution in [0.1, 0.15) is 46.5 Å². The number of nitrogens with one attached hydrogen (secondary N) is 1. The van der Waals surface area contributed by atoms with E-state index in [1.165, 1.54) is 0 Å². The minimum Gasteiger partial charge on any atom is -0.391 e. The number of hydrogen-bond acceptors (Lipinski definition) is 3. The van der Waals surface area contributed by atoms with E-state index in [2.05, 4.69) is 26.1 Å². The van der Waals surface area contributed by atoms with Crippen molar-refractivity contribution in [3.8, 4) is 0 Å². The summed E-state index contributed by atoms with van der Waals surface area (Å²) in [5.74, 6) is 0.00130. The van der Waals surface area contributed by atoms with Crippen LogP contribution in [0.5, 0.6) is 0 Å². The summed E-state index contributed by atoms with van der Waals surface area (Å²) in [6.45, 7) is 7.18. The first-order chi connectivity index (χ1) is 7.35. The molecule has 0 aromatic carbocycles. The SMILES string of the molecule is CC(C)(C)CC(O)CNC(=O)CCCCN. The van der Waals surface area contributed by atoms with Crippen molar-refractivity contribution < 1.29 is 9.90 Å². The zero-order chi connectivity index (χ0) is 12.6. The lowest BCUT2D eigenvalue weighted by Gasteiger charge is -2.22. The molecule has 0 aromatic heterocycles. The Morgan fingerprint density at radius 1 is 1.38 bits per heavy atom. The van der Waals surface area contributed by atoms with Gasteiger partial charge in [0, 0.05) is 13.0 Å². The Labute approximate surface area is 98.6 Å². The Morgan fingerprint density at radius 2 is 2.00 bits per heavy atom. The van der Waals surface area contributed by atoms with E-state index in [0.29, 0.717) is 25.9 Å². The molecule has 1 amide bonds. The van der Waals surface area contributed by atoms with Crippen LogP contribution in [0.3, 0.4) is 0 Å². The van der Waals surface area contributed by atoms with Gasteiger partial charge < -0.3 is 16.2 Å². The van der Waals surface area contributed by atoms with Gasteiger partial charge in [-0.25, -0.2) is 0 Å². The lowest BCUT2D eigenvalue weighted by atomic mass is 9.89. The fraction of sp³-hybridized carbons (Fsp3) is 0.917. The lowest BCUT2D eigenvalue weighted by molar-refractivity contribution is -0.121. The average Bonchev–Trinajstić information content (AvgIpc) is 2.12. The molecule has 0 aliphatic rings. The molecule has 0 rings (SSSR count). The second kappa shape index (κ2) is 7.63. The van der Waals surface area contributed by atoms with Crippen LogP contribution >= 0.6 is 0 Å². The molecule has 0 aromatic rings. The second-order valence-corrected chi connectivity index (χ2v) is 5.47. The van der Waals surface area contributed by atoms with Crippen LogP contribution in [0.2, 0.25) is 0 Å². The van der Waals surface area contributed by atoms with E-state index in [0.717, 1.165) is 12.8 Å². The number of hydrogen-bond donors (Lipinski definition) is 3. The van der Waals surface area contributed by atoms with Crippen LogP contribution in [0, 0.1) is 5.41 Å². The lowest BCUT2D eigenvalue weighted by Crippen LogP contribution is -2.34. The van der Waals surface area contributed by atoms with Crippen molar-refractivity contribution >= 4 is 5.91 Å². The van der Waals surface area contributed by atoms with Crippen molar-refractivity contribution in [3.63, 3.8) is 0 Å². The standard InChI is InChI=1S/C12H26N2O2/c1-12(2,3)8-10(15)9-14-11(16)6-4-5-7-13/h10,15H,4-9,13H2,1-3H3,(H,14,16). The highest BCUT2D eigenvalue weighted by Crippen LogP contribution is 2.20. The molecule has 0 heterocycles. The Balaban J connectivity index is 3.59. The molecule has 0 saturated carbocycles. The van der Waals surface area contributed by atoms with E-state index >= 15 is 0 Å². The van der Waals surface area contributed by atoms with Gasteiger partial charge in [-0.2, -0.15) is 0 Å². The Morgan fingerprint density at radius 3 is 2.50 bits per heavy atom. The first kappa shape index (κ1) is 15.4. The number of aliphatic hydroxyl groups excluding tert-OH is 1. The van der Waals surface area contributed by atoms with E-state index < -0.39 is 6.10 Å². The number of nitrogens with two attached hydrogens (primary N) is 1. The van der Waals surface area contributed by atoms with Gasteiger partial charge in [-0.15, -0.1) is 0 Å². The van der Waals surface area contributed by atoms with Crippen LogP contribution in [-0.2, 0) is 4.79 Å². The largest absolute Gasteiger partial charge is 0.391 e. The maximum absolute atomic E-state index is 11.3. The number of unbranched alkanes of at least 4 members (excludes halogenated alkanes) is 1. The first-order valence-electron chi connectivity index (χ1n) is 6.00. The Kier molecular flexibility index (Phi) is 7.34. The molecule has 0 fully saturated rings. The van der Waals surface area contributed by atoms with Gasteiger partial charge >= 0.3 is 0 Å². The summed E-state index contributed by atoms with van der Waals surface area (Å²) in [4.78, 5) is 11.3. The molecule has 0 spiro atoms. The molecule has 16 heavy (non-hydrogen) atoms. The molecule has 0 aliphatic heterocycles. The third-order valence-electron chi connectivity index (χ3n) is 2.24. The van der Waals surface area contributed by atoms with E-state index in [1.807, 2.05) is 0 Å². The van der Waals surface area contributed by atoms with Gasteiger partial charge in [-0.1, -0.05) is 20.8 Å². The minimum atomic E-state index is -0.460. The van der Waals surface area contributed by atoms with E-state index in [1.54, 1.807) is 0 Å². The van der Waals surface area contributed by atoms with Crippen molar-refractivity contribution in [3.05, 3.63) is 0 Å². The first-order valence-corrected chi connectivity index (χ1v) is 6.00. The van der Waals surface area contributed by atoms with Crippen molar-refractivity contribution in [2.45, 2.75) is 52.6 Å². The van der Waals surface area contributed by atoms with Crippen molar-refractivity contribution in [1.82, 2.24) is 5.32 Å². The summed E-state index contributed by atoms with van der Waals surface area (Å²) in [6.07, 6.45) is 2.42. The predicted molar refractivity (Wildman–Crippen MR) is 66.0 cm³/mol. The number of amides is 1. The van der Waals surface area contributed by atoms with Gasteiger partial charge in [-0.3, -0.25) is 4.79 Å². The molecule has 4 heteroatoms. The molecule has 1 unspecified atom stereocenters. The summed E-state index contributed by atoms with van der Waals surface area (Å²) < 4.78 is 0. The molecule has 1 atom stereocenters. The van der Waals surface area contributed by atoms with Gasteiger partial charge in [-0.05, 0) is 31.2 Å². The molecule has 0 saturated heterocycles. The fourth-order valence-electron chi connectivity index (χ4n) is 1.53. The maximum atomic E-state index is 11.3. The molecular formula is C12H26N2O2. The fourth-order valence-corrected chi connectivity index (χ4v) is 1.53. The van der Waals surface area contributed by atoms with Crippen LogP contribution in [0.4, 0.5) is 0 Å². The van der Waals surface area contributed by atoms with Crippen LogP contribution in [0.25, 0.3) is 0 Å². The van der Waals surface area contributed by atoms with E-state index in [-0.39, 0.29) is 11.3 Å². The number of aliphatic hydroxyl groups is 1. The monoisotopic (exact) mass is 230 g/mol. The highest BCUT2D eigenvalue weighted by atomic mass is 16.3. The third-order valence-corrected chi connectivity index (χ3v) is 2.24. The van der Waals surface area contributed by atoms with Crippen LogP contribution < -0.4 is 11.1 Å². The predicted octanol–water partition coefficient (Wildman–Crippen LogP) is 1.03. The third kappa shape index (κ3) is 9.93. The van der Waals surface area contributed by atoms with Gasteiger partial charge in [0.2, 0.25) is 5.91 Å². The van der Waals surface area contributed by atoms with Gasteiger partial charge in [0.05, 0.1) is 6.10 Å². The van der Waals surface area contributed by atoms with Crippen molar-refractivity contribution in [2.75, 3.05) is 13.1 Å². The smallest absolute Gasteiger partial charge is 0.220 e. The van der Waals surface area contributed by atoms with Gasteiger partial charge in [0.15, 0.2) is 0 Å². The highest BCUT2D eigenvalue weighted by Gasteiger charge is 2.16. The summed E-state index contributed by atoms with van der Waals surface area (Å²) in [6, 6.07) is 0. The second-order valence-electron chi connectivity index (χ2n) is 5.47. The van der Waals surface area contributed by atoms with Crippen LogP contribution in [0.15, 0.2) is 0 Å². The maximum Gasteiger partial charge on any atom is 0.220 e. The Hall–Kier alpha value is -0.610.